The van der Waals surface area contributed by atoms with Crippen LogP contribution in [0.5, 0.6) is 11.5 Å². The molecule has 1 amide bonds. The first-order valence-electron chi connectivity index (χ1n) is 9.66. The smallest absolute Gasteiger partial charge is 0.325 e. The Kier molecular flexibility index (Phi) is 4.86. The van der Waals surface area contributed by atoms with Crippen LogP contribution in [0.3, 0.4) is 0 Å². The Morgan fingerprint density at radius 2 is 2.06 bits per heavy atom. The van der Waals surface area contributed by atoms with Gasteiger partial charge in [-0.25, -0.2) is 4.90 Å². The van der Waals surface area contributed by atoms with Gasteiger partial charge in [0.15, 0.2) is 11.5 Å². The fraction of sp³-hybridized carbons (Fsp3) is 0.238. The van der Waals surface area contributed by atoms with E-state index in [0.29, 0.717) is 44.2 Å². The highest BCUT2D eigenvalue weighted by molar-refractivity contribution is 7.99. The molecule has 2 aliphatic heterocycles. The Labute approximate surface area is 186 Å². The number of fused-ring (bicyclic) bond motifs is 4. The van der Waals surface area contributed by atoms with Crippen molar-refractivity contribution in [3.8, 4) is 22.8 Å². The van der Waals surface area contributed by atoms with Gasteiger partial charge in [-0.2, -0.15) is 0 Å². The number of nitrogens with zero attached hydrogens (tertiary/aromatic N) is 3. The zero-order valence-electron chi connectivity index (χ0n) is 16.7. The Hall–Kier alpha value is -3.04. The van der Waals surface area contributed by atoms with Gasteiger partial charge in [-0.3, -0.25) is 14.6 Å². The molecule has 31 heavy (non-hydrogen) atoms. The fourth-order valence-corrected chi connectivity index (χ4v) is 4.76. The van der Waals surface area contributed by atoms with Crippen LogP contribution in [-0.2, 0) is 4.79 Å². The number of aromatic nitrogens is 3. The highest BCUT2D eigenvalue weighted by atomic mass is 35.5. The topological polar surface area (TPSA) is 88.4 Å². The number of halogens is 1. The Bertz CT molecular complexity index is 1280. The number of nitrogens with one attached hydrogen (secondary N) is 1. The van der Waals surface area contributed by atoms with Gasteiger partial charge < -0.3 is 9.47 Å². The molecule has 0 bridgehead atoms. The van der Waals surface area contributed by atoms with Gasteiger partial charge in [-0.05, 0) is 28.6 Å². The molecule has 2 aliphatic rings. The van der Waals surface area contributed by atoms with E-state index >= 15 is 0 Å². The Morgan fingerprint density at radius 3 is 2.81 bits per heavy atom. The monoisotopic (exact) mass is 457 g/mol. The first-order chi connectivity index (χ1) is 15.0. The number of carbonyl (C=O) groups excluding carboxylic acids is 1. The predicted molar refractivity (Wildman–Crippen MR) is 116 cm³/mol. The average Bonchev–Trinajstić information content (AvgIpc) is 3.19. The van der Waals surface area contributed by atoms with Gasteiger partial charge >= 0.3 is 11.3 Å². The molecule has 0 saturated carbocycles. The largest absolute Gasteiger partial charge is 0.454 e. The maximum atomic E-state index is 13.1. The van der Waals surface area contributed by atoms with Crippen LogP contribution in [0, 0.1) is 0 Å². The van der Waals surface area contributed by atoms with Crippen molar-refractivity contribution in [2.24, 2.45) is 0 Å². The standard InChI is InChI=1S/C21H17ClN4O4S/c1-3-31-21-23-19(28)18-12-6-4-5-7-15(12)25(11(2)27)20(26(18)24-21)13-8-16-17(9-14(13)22)30-10-29-16/h4-9,20H,3,10H2,1-2H3/p+1/t20-/m0/s1. The van der Waals surface area contributed by atoms with Gasteiger partial charge in [0, 0.05) is 18.1 Å². The molecule has 1 atom stereocenters. The number of H-pyrrole nitrogens is 1. The Balaban J connectivity index is 1.84. The van der Waals surface area contributed by atoms with Crippen molar-refractivity contribution < 1.29 is 19.0 Å². The molecule has 1 N–H and O–H groups in total. The predicted octanol–water partition coefficient (Wildman–Crippen LogP) is 3.13. The number of thioether (sulfide) groups is 1. The quantitative estimate of drug-likeness (QED) is 0.480. The molecule has 0 spiro atoms. The average molecular weight is 458 g/mol. The minimum absolute atomic E-state index is 0.0952. The lowest BCUT2D eigenvalue weighted by molar-refractivity contribution is -0.763. The first-order valence-corrected chi connectivity index (χ1v) is 11.0. The third-order valence-electron chi connectivity index (χ3n) is 5.15. The molecular weight excluding hydrogens is 440 g/mol. The summed E-state index contributed by atoms with van der Waals surface area (Å²) in [5, 5.41) is 5.53. The molecule has 2 aromatic carbocycles. The van der Waals surface area contributed by atoms with Crippen LogP contribution in [0.4, 0.5) is 5.69 Å². The summed E-state index contributed by atoms with van der Waals surface area (Å²) < 4.78 is 12.5. The molecule has 10 heteroatoms. The maximum absolute atomic E-state index is 13.1. The second-order valence-corrected chi connectivity index (χ2v) is 8.65. The number of hydrogen-bond acceptors (Lipinski definition) is 6. The van der Waals surface area contributed by atoms with E-state index in [0.717, 1.165) is 5.75 Å². The van der Waals surface area contributed by atoms with Crippen molar-refractivity contribution in [3.63, 3.8) is 0 Å². The minimum atomic E-state index is -0.775. The number of anilines is 1. The molecule has 1 aromatic heterocycles. The summed E-state index contributed by atoms with van der Waals surface area (Å²) in [5.41, 5.74) is 1.87. The van der Waals surface area contributed by atoms with Crippen LogP contribution in [0.15, 0.2) is 46.3 Å². The zero-order valence-corrected chi connectivity index (χ0v) is 18.3. The molecule has 0 radical (unpaired) electrons. The third-order valence-corrected chi connectivity index (χ3v) is 6.22. The van der Waals surface area contributed by atoms with Crippen LogP contribution in [0.1, 0.15) is 25.6 Å². The van der Waals surface area contributed by atoms with Crippen molar-refractivity contribution in [1.82, 2.24) is 10.1 Å². The molecule has 0 aliphatic carbocycles. The van der Waals surface area contributed by atoms with Crippen LogP contribution >= 0.6 is 23.4 Å². The van der Waals surface area contributed by atoms with Crippen molar-refractivity contribution in [1.29, 1.82) is 0 Å². The van der Waals surface area contributed by atoms with E-state index in [-0.39, 0.29) is 18.3 Å². The number of aromatic amines is 1. The molecule has 0 saturated heterocycles. The number of hydrogen-bond donors (Lipinski definition) is 1. The summed E-state index contributed by atoms with van der Waals surface area (Å²) in [5.74, 6) is 1.57. The summed E-state index contributed by atoms with van der Waals surface area (Å²) in [6.07, 6.45) is -0.775. The molecule has 3 aromatic rings. The fourth-order valence-electron chi connectivity index (χ4n) is 3.93. The lowest BCUT2D eigenvalue weighted by Gasteiger charge is -2.31. The summed E-state index contributed by atoms with van der Waals surface area (Å²) in [6.45, 7) is 3.54. The maximum Gasteiger partial charge on any atom is 0.325 e. The van der Waals surface area contributed by atoms with E-state index in [1.54, 1.807) is 27.8 Å². The first kappa shape index (κ1) is 19.9. The van der Waals surface area contributed by atoms with Crippen molar-refractivity contribution in [2.75, 3.05) is 17.4 Å². The number of ether oxygens (including phenoxy) is 2. The summed E-state index contributed by atoms with van der Waals surface area (Å²) in [6, 6.07) is 10.7. The highest BCUT2D eigenvalue weighted by Gasteiger charge is 2.46. The van der Waals surface area contributed by atoms with Gasteiger partial charge in [0.05, 0.1) is 21.8 Å². The summed E-state index contributed by atoms with van der Waals surface area (Å²) in [4.78, 5) is 30.5. The van der Waals surface area contributed by atoms with Gasteiger partial charge in [0.25, 0.3) is 6.17 Å². The SMILES string of the molecule is CCSc1n[n+]2c(c(=O)[nH]1)-c1ccccc1N(C(C)=O)[C@@H]2c1cc2c(cc1Cl)OCO2. The number of rotatable bonds is 3. The molecule has 3 heterocycles. The van der Waals surface area contributed by atoms with E-state index in [1.807, 2.05) is 25.1 Å². The molecule has 5 rings (SSSR count). The second kappa shape index (κ2) is 7.58. The summed E-state index contributed by atoms with van der Waals surface area (Å²) in [7, 11) is 0. The van der Waals surface area contributed by atoms with E-state index in [9.17, 15) is 9.59 Å². The Morgan fingerprint density at radius 1 is 1.32 bits per heavy atom. The molecule has 0 fully saturated rings. The van der Waals surface area contributed by atoms with Crippen molar-refractivity contribution >= 4 is 35.0 Å². The third kappa shape index (κ3) is 3.16. The molecule has 8 nitrogen and oxygen atoms in total. The molecule has 158 valence electrons. The van der Waals surface area contributed by atoms with Crippen LogP contribution in [-0.4, -0.2) is 28.5 Å². The normalized spacial score (nSPS) is 16.1. The van der Waals surface area contributed by atoms with Gasteiger partial charge in [-0.15, -0.1) is 0 Å². The van der Waals surface area contributed by atoms with Gasteiger partial charge in [0.2, 0.25) is 17.9 Å². The lowest BCUT2D eigenvalue weighted by atomic mass is 10.0. The summed E-state index contributed by atoms with van der Waals surface area (Å²) >= 11 is 8.05. The van der Waals surface area contributed by atoms with E-state index in [1.165, 1.54) is 18.7 Å². The van der Waals surface area contributed by atoms with Crippen molar-refractivity contribution in [2.45, 2.75) is 25.2 Å². The number of carbonyl (C=O) groups is 1. The zero-order chi connectivity index (χ0) is 21.7. The number of benzene rings is 2. The minimum Gasteiger partial charge on any atom is -0.454 e. The van der Waals surface area contributed by atoms with Crippen molar-refractivity contribution in [3.05, 3.63) is 57.3 Å². The number of amides is 1. The molecular formula is C21H18ClN4O4S+. The lowest BCUT2D eigenvalue weighted by Crippen LogP contribution is -2.60. The number of para-hydroxylation sites is 1. The van der Waals surface area contributed by atoms with Gasteiger partial charge in [0.1, 0.15) is 0 Å². The van der Waals surface area contributed by atoms with Crippen LogP contribution in [0.25, 0.3) is 11.3 Å². The van der Waals surface area contributed by atoms with Crippen LogP contribution < -0.4 is 24.6 Å². The second-order valence-electron chi connectivity index (χ2n) is 6.99. The van der Waals surface area contributed by atoms with Gasteiger partial charge in [-0.1, -0.05) is 42.4 Å². The van der Waals surface area contributed by atoms with E-state index < -0.39 is 6.17 Å². The highest BCUT2D eigenvalue weighted by Crippen LogP contribution is 2.43. The van der Waals surface area contributed by atoms with Crippen LogP contribution in [0.2, 0.25) is 5.02 Å². The van der Waals surface area contributed by atoms with E-state index in [4.69, 9.17) is 21.1 Å². The molecule has 0 unspecified atom stereocenters. The van der Waals surface area contributed by atoms with E-state index in [2.05, 4.69) is 10.1 Å².